The number of benzene rings is 2. The predicted octanol–water partition coefficient (Wildman–Crippen LogP) is 2.92. The van der Waals surface area contributed by atoms with Gasteiger partial charge in [0.15, 0.2) is 11.6 Å². The number of carbonyl (C=O) groups is 4. The number of amides is 2. The summed E-state index contributed by atoms with van der Waals surface area (Å²) in [7, 11) is 0. The Morgan fingerprint density at radius 3 is 1.33 bits per heavy atom. The van der Waals surface area contributed by atoms with E-state index in [0.29, 0.717) is 35.3 Å². The summed E-state index contributed by atoms with van der Waals surface area (Å²) < 4.78 is 0. The van der Waals surface area contributed by atoms with Gasteiger partial charge in [0.25, 0.3) is 0 Å². The number of Topliss-reactive ketones (excluding diaryl/α,β-unsaturated/α-hetero) is 2. The van der Waals surface area contributed by atoms with Crippen LogP contribution in [-0.2, 0) is 9.59 Å². The van der Waals surface area contributed by atoms with Crippen molar-refractivity contribution < 1.29 is 19.2 Å². The minimum Gasteiger partial charge on any atom is -0.328 e. The Kier molecular flexibility index (Phi) is 7.57. The summed E-state index contributed by atoms with van der Waals surface area (Å²) in [5.74, 6) is -0.111. The van der Waals surface area contributed by atoms with E-state index in [1.54, 1.807) is 48.5 Å². The van der Waals surface area contributed by atoms with Crippen LogP contribution in [0.2, 0.25) is 0 Å². The van der Waals surface area contributed by atoms with Crippen LogP contribution in [0.15, 0.2) is 48.5 Å². The Bertz CT molecular complexity index is 678. The highest BCUT2D eigenvalue weighted by Gasteiger charge is 2.04. The van der Waals surface area contributed by atoms with E-state index in [0.717, 1.165) is 0 Å². The largest absolute Gasteiger partial charge is 0.328 e. The quantitative estimate of drug-likeness (QED) is 0.630. The smallest absolute Gasteiger partial charge is 0.211 e. The third-order valence-electron chi connectivity index (χ3n) is 3.04. The SMILES string of the molecule is CC(=O)c1ccccc1NC=O.CC(=O)c1ccccc1NC=O. The zero-order chi connectivity index (χ0) is 17.9. The summed E-state index contributed by atoms with van der Waals surface area (Å²) in [6.45, 7) is 2.93. The fraction of sp³-hybridized carbons (Fsp3) is 0.111. The summed E-state index contributed by atoms with van der Waals surface area (Å²) in [4.78, 5) is 42.2. The average Bonchev–Trinajstić information content (AvgIpc) is 2.57. The normalized spacial score (nSPS) is 9.08. The van der Waals surface area contributed by atoms with Crippen LogP contribution in [0.1, 0.15) is 34.6 Å². The predicted molar refractivity (Wildman–Crippen MR) is 92.3 cm³/mol. The highest BCUT2D eigenvalue weighted by molar-refractivity contribution is 6.01. The molecule has 2 aromatic carbocycles. The van der Waals surface area contributed by atoms with Crippen molar-refractivity contribution in [2.45, 2.75) is 13.8 Å². The molecule has 124 valence electrons. The lowest BCUT2D eigenvalue weighted by Crippen LogP contribution is -2.01. The third kappa shape index (κ3) is 5.49. The first-order valence-corrected chi connectivity index (χ1v) is 7.11. The lowest BCUT2D eigenvalue weighted by atomic mass is 10.1. The van der Waals surface area contributed by atoms with E-state index in [4.69, 9.17) is 0 Å². The Balaban J connectivity index is 0.000000240. The van der Waals surface area contributed by atoms with Crippen molar-refractivity contribution >= 4 is 35.8 Å². The van der Waals surface area contributed by atoms with Gasteiger partial charge in [0.1, 0.15) is 0 Å². The number of anilines is 2. The van der Waals surface area contributed by atoms with Gasteiger partial charge in [-0.1, -0.05) is 24.3 Å². The molecule has 0 atom stereocenters. The maximum atomic E-state index is 11.0. The summed E-state index contributed by atoms with van der Waals surface area (Å²) in [6.07, 6.45) is 1.11. The van der Waals surface area contributed by atoms with Crippen LogP contribution in [0.25, 0.3) is 0 Å². The van der Waals surface area contributed by atoms with Crippen molar-refractivity contribution in [2.24, 2.45) is 0 Å². The van der Waals surface area contributed by atoms with Gasteiger partial charge in [0.2, 0.25) is 12.8 Å². The molecule has 0 aliphatic rings. The minimum atomic E-state index is -0.0556. The van der Waals surface area contributed by atoms with Crippen LogP contribution < -0.4 is 10.6 Å². The summed E-state index contributed by atoms with van der Waals surface area (Å²) in [5.41, 5.74) is 2.18. The second kappa shape index (κ2) is 9.68. The van der Waals surface area contributed by atoms with Gasteiger partial charge in [-0.25, -0.2) is 0 Å². The first kappa shape index (κ1) is 18.8. The van der Waals surface area contributed by atoms with Gasteiger partial charge in [0.05, 0.1) is 11.4 Å². The van der Waals surface area contributed by atoms with E-state index >= 15 is 0 Å². The van der Waals surface area contributed by atoms with Gasteiger partial charge in [-0.05, 0) is 38.1 Å². The van der Waals surface area contributed by atoms with Crippen molar-refractivity contribution in [3.05, 3.63) is 59.7 Å². The first-order valence-electron chi connectivity index (χ1n) is 7.11. The molecule has 2 N–H and O–H groups in total. The molecule has 2 aromatic rings. The molecule has 0 saturated carbocycles. The molecule has 0 aliphatic carbocycles. The van der Waals surface area contributed by atoms with E-state index in [1.807, 2.05) is 0 Å². The Hall–Kier alpha value is -3.28. The number of hydrogen-bond donors (Lipinski definition) is 2. The highest BCUT2D eigenvalue weighted by Crippen LogP contribution is 2.14. The molecule has 0 radical (unpaired) electrons. The van der Waals surface area contributed by atoms with Gasteiger partial charge in [0, 0.05) is 11.1 Å². The van der Waals surface area contributed by atoms with Crippen LogP contribution in [0.3, 0.4) is 0 Å². The second-order valence-corrected chi connectivity index (χ2v) is 4.73. The van der Waals surface area contributed by atoms with Crippen LogP contribution in [0.4, 0.5) is 11.4 Å². The molecule has 0 unspecified atom stereocenters. The molecular formula is C18H18N2O4. The summed E-state index contributed by atoms with van der Waals surface area (Å²) in [5, 5.41) is 4.91. The molecule has 0 bridgehead atoms. The molecular weight excluding hydrogens is 308 g/mol. The van der Waals surface area contributed by atoms with Crippen LogP contribution in [0.5, 0.6) is 0 Å². The molecule has 0 saturated heterocycles. The van der Waals surface area contributed by atoms with Crippen molar-refractivity contribution in [2.75, 3.05) is 10.6 Å². The zero-order valence-corrected chi connectivity index (χ0v) is 13.4. The number of para-hydroxylation sites is 2. The number of nitrogens with one attached hydrogen (secondary N) is 2. The molecule has 2 rings (SSSR count). The van der Waals surface area contributed by atoms with Gasteiger partial charge in [-0.15, -0.1) is 0 Å². The number of ketones is 2. The van der Waals surface area contributed by atoms with Crippen molar-refractivity contribution in [3.63, 3.8) is 0 Å². The van der Waals surface area contributed by atoms with Gasteiger partial charge >= 0.3 is 0 Å². The molecule has 0 aromatic heterocycles. The number of carbonyl (C=O) groups excluding carboxylic acids is 4. The standard InChI is InChI=1S/2C9H9NO2/c2*1-7(12)8-4-2-3-5-9(8)10-6-11/h2*2-6H,1H3,(H,10,11). The Morgan fingerprint density at radius 1 is 0.708 bits per heavy atom. The van der Waals surface area contributed by atoms with E-state index < -0.39 is 0 Å². The maximum Gasteiger partial charge on any atom is 0.211 e. The molecule has 0 heterocycles. The Labute approximate surface area is 139 Å². The highest BCUT2D eigenvalue weighted by atomic mass is 16.1. The van der Waals surface area contributed by atoms with Gasteiger partial charge in [-0.3, -0.25) is 19.2 Å². The van der Waals surface area contributed by atoms with Crippen LogP contribution in [-0.4, -0.2) is 24.4 Å². The molecule has 0 aliphatic heterocycles. The fourth-order valence-electron chi connectivity index (χ4n) is 1.96. The van der Waals surface area contributed by atoms with Crippen molar-refractivity contribution in [1.82, 2.24) is 0 Å². The molecule has 0 fully saturated rings. The van der Waals surface area contributed by atoms with E-state index in [-0.39, 0.29) is 11.6 Å². The summed E-state index contributed by atoms with van der Waals surface area (Å²) >= 11 is 0. The van der Waals surface area contributed by atoms with E-state index in [2.05, 4.69) is 10.6 Å². The lowest BCUT2D eigenvalue weighted by molar-refractivity contribution is -0.106. The van der Waals surface area contributed by atoms with Crippen LogP contribution in [0, 0.1) is 0 Å². The first-order chi connectivity index (χ1) is 11.5. The van der Waals surface area contributed by atoms with E-state index in [9.17, 15) is 19.2 Å². The van der Waals surface area contributed by atoms with Gasteiger partial charge in [-0.2, -0.15) is 0 Å². The zero-order valence-electron chi connectivity index (χ0n) is 13.4. The maximum absolute atomic E-state index is 11.0. The Morgan fingerprint density at radius 2 is 1.04 bits per heavy atom. The number of hydrogen-bond acceptors (Lipinski definition) is 4. The van der Waals surface area contributed by atoms with Gasteiger partial charge < -0.3 is 10.6 Å². The molecule has 0 spiro atoms. The second-order valence-electron chi connectivity index (χ2n) is 4.73. The monoisotopic (exact) mass is 326 g/mol. The molecule has 6 nitrogen and oxygen atoms in total. The average molecular weight is 326 g/mol. The molecule has 24 heavy (non-hydrogen) atoms. The fourth-order valence-corrected chi connectivity index (χ4v) is 1.96. The van der Waals surface area contributed by atoms with Crippen molar-refractivity contribution in [1.29, 1.82) is 0 Å². The lowest BCUT2D eigenvalue weighted by Gasteiger charge is -2.02. The number of rotatable bonds is 6. The molecule has 2 amide bonds. The van der Waals surface area contributed by atoms with E-state index in [1.165, 1.54) is 13.8 Å². The third-order valence-corrected chi connectivity index (χ3v) is 3.04. The molecule has 6 heteroatoms. The minimum absolute atomic E-state index is 0.0556. The topological polar surface area (TPSA) is 92.3 Å². The van der Waals surface area contributed by atoms with Crippen molar-refractivity contribution in [3.8, 4) is 0 Å². The van der Waals surface area contributed by atoms with Crippen LogP contribution >= 0.6 is 0 Å². The summed E-state index contributed by atoms with van der Waals surface area (Å²) in [6, 6.07) is 13.8.